The van der Waals surface area contributed by atoms with E-state index in [1.54, 1.807) is 30.6 Å². The molecule has 0 saturated carbocycles. The van der Waals surface area contributed by atoms with Crippen LogP contribution in [0.25, 0.3) is 21.9 Å². The van der Waals surface area contributed by atoms with Crippen molar-refractivity contribution in [3.8, 4) is 11.6 Å². The first-order chi connectivity index (χ1) is 20.0. The second kappa shape index (κ2) is 11.8. The highest BCUT2D eigenvalue weighted by molar-refractivity contribution is 6.01. The normalized spacial score (nSPS) is 10.8. The van der Waals surface area contributed by atoms with E-state index in [-0.39, 0.29) is 23.0 Å². The minimum atomic E-state index is -0.565. The third kappa shape index (κ3) is 5.66. The van der Waals surface area contributed by atoms with Gasteiger partial charge in [0.25, 0.3) is 5.91 Å². The minimum Gasteiger partial charge on any atom is -0.435 e. The van der Waals surface area contributed by atoms with E-state index < -0.39 is 11.7 Å². The van der Waals surface area contributed by atoms with Gasteiger partial charge in [-0.1, -0.05) is 19.9 Å². The summed E-state index contributed by atoms with van der Waals surface area (Å²) in [6, 6.07) is 12.5. The summed E-state index contributed by atoms with van der Waals surface area (Å²) in [5.41, 5.74) is 4.93. The van der Waals surface area contributed by atoms with Gasteiger partial charge in [0.05, 0.1) is 11.0 Å². The van der Waals surface area contributed by atoms with Gasteiger partial charge in [0.1, 0.15) is 11.9 Å². The molecule has 11 nitrogen and oxygen atoms in total. The summed E-state index contributed by atoms with van der Waals surface area (Å²) < 4.78 is 21.0. The molecule has 0 radical (unpaired) electrons. The Kier molecular flexibility index (Phi) is 7.81. The summed E-state index contributed by atoms with van der Waals surface area (Å²) in [5, 5.41) is 13.3. The van der Waals surface area contributed by atoms with Gasteiger partial charge < -0.3 is 20.4 Å². The molecule has 0 aliphatic rings. The number of fused-ring (bicyclic) bond motifs is 2. The largest absolute Gasteiger partial charge is 0.435 e. The van der Waals surface area contributed by atoms with Crippen molar-refractivity contribution in [1.29, 1.82) is 0 Å². The number of nitrogens with one attached hydrogen (secondary N) is 4. The molecular formula is C29H28FN9O2. The van der Waals surface area contributed by atoms with Crippen molar-refractivity contribution >= 4 is 39.5 Å². The Morgan fingerprint density at radius 1 is 1.00 bits per heavy atom. The first-order valence-corrected chi connectivity index (χ1v) is 13.0. The zero-order valence-corrected chi connectivity index (χ0v) is 22.9. The van der Waals surface area contributed by atoms with Gasteiger partial charge in [0.2, 0.25) is 5.88 Å². The maximum absolute atomic E-state index is 15.2. The molecule has 0 spiro atoms. The lowest BCUT2D eigenvalue weighted by Gasteiger charge is -2.13. The number of nitrogens with zero attached hydrogens (tertiary/aromatic N) is 5. The van der Waals surface area contributed by atoms with E-state index in [0.717, 1.165) is 28.0 Å². The SMILES string of the molecule is CC.CNC(=O)c1c(Nc2cc(Cc3ccc4nccnc4c3)[nH]n2)ncnc1Oc1ccc2[nH]c(C)cc2c1F. The molecule has 0 fully saturated rings. The summed E-state index contributed by atoms with van der Waals surface area (Å²) in [6.07, 6.45) is 5.11. The van der Waals surface area contributed by atoms with E-state index in [0.29, 0.717) is 23.1 Å². The van der Waals surface area contributed by atoms with Crippen molar-refractivity contribution in [2.75, 3.05) is 12.4 Å². The Hall–Kier alpha value is -5.39. The summed E-state index contributed by atoms with van der Waals surface area (Å²) in [7, 11) is 1.47. The summed E-state index contributed by atoms with van der Waals surface area (Å²) in [5.74, 6) is -0.679. The first kappa shape index (κ1) is 27.2. The predicted molar refractivity (Wildman–Crippen MR) is 154 cm³/mol. The highest BCUT2D eigenvalue weighted by Crippen LogP contribution is 2.33. The van der Waals surface area contributed by atoms with Crippen LogP contribution >= 0.6 is 0 Å². The van der Waals surface area contributed by atoms with Gasteiger partial charge in [-0.25, -0.2) is 14.4 Å². The molecule has 12 heteroatoms. The molecule has 208 valence electrons. The quantitative estimate of drug-likeness (QED) is 0.200. The van der Waals surface area contributed by atoms with Crippen LogP contribution in [0.1, 0.15) is 41.2 Å². The number of amides is 1. The van der Waals surface area contributed by atoms with Crippen LogP contribution in [0.5, 0.6) is 11.6 Å². The van der Waals surface area contributed by atoms with Crippen molar-refractivity contribution in [2.24, 2.45) is 0 Å². The molecule has 6 rings (SSSR count). The molecule has 41 heavy (non-hydrogen) atoms. The maximum atomic E-state index is 15.2. The van der Waals surface area contributed by atoms with Gasteiger partial charge in [0.15, 0.2) is 23.2 Å². The van der Waals surface area contributed by atoms with Gasteiger partial charge in [-0.15, -0.1) is 0 Å². The van der Waals surface area contributed by atoms with Crippen molar-refractivity contribution in [2.45, 2.75) is 27.2 Å². The molecule has 4 heterocycles. The highest BCUT2D eigenvalue weighted by Gasteiger charge is 2.23. The van der Waals surface area contributed by atoms with Gasteiger partial charge in [0, 0.05) is 54.2 Å². The lowest BCUT2D eigenvalue weighted by Crippen LogP contribution is -2.21. The van der Waals surface area contributed by atoms with E-state index in [1.807, 2.05) is 39.0 Å². The number of aromatic amines is 2. The molecule has 0 unspecified atom stereocenters. The smallest absolute Gasteiger partial charge is 0.260 e. The molecule has 6 aromatic rings. The second-order valence-electron chi connectivity index (χ2n) is 8.83. The Morgan fingerprint density at radius 3 is 2.61 bits per heavy atom. The van der Waals surface area contributed by atoms with Crippen molar-refractivity contribution in [1.82, 2.24) is 40.4 Å². The topological polar surface area (TPSA) is 146 Å². The number of aromatic nitrogens is 7. The number of rotatable bonds is 7. The van der Waals surface area contributed by atoms with Crippen molar-refractivity contribution in [3.05, 3.63) is 89.5 Å². The Labute approximate surface area is 234 Å². The fraction of sp³-hybridized carbons (Fsp3) is 0.172. The second-order valence-corrected chi connectivity index (χ2v) is 8.83. The average Bonchev–Trinajstić information content (AvgIpc) is 3.61. The number of aryl methyl sites for hydroxylation is 1. The third-order valence-corrected chi connectivity index (χ3v) is 6.12. The molecule has 4 N–H and O–H groups in total. The number of hydrogen-bond acceptors (Lipinski definition) is 8. The van der Waals surface area contributed by atoms with Gasteiger partial charge >= 0.3 is 0 Å². The van der Waals surface area contributed by atoms with Crippen LogP contribution < -0.4 is 15.4 Å². The number of anilines is 2. The van der Waals surface area contributed by atoms with E-state index in [9.17, 15) is 4.79 Å². The fourth-order valence-electron chi connectivity index (χ4n) is 4.32. The third-order valence-electron chi connectivity index (χ3n) is 6.12. The molecule has 0 saturated heterocycles. The van der Waals surface area contributed by atoms with Crippen LogP contribution in [0.15, 0.2) is 61.2 Å². The minimum absolute atomic E-state index is 0.00222. The number of H-pyrrole nitrogens is 2. The Balaban J connectivity index is 0.00000165. The fourth-order valence-corrected chi connectivity index (χ4v) is 4.32. The number of halogens is 1. The van der Waals surface area contributed by atoms with Gasteiger partial charge in [-0.2, -0.15) is 5.10 Å². The van der Waals surface area contributed by atoms with E-state index in [4.69, 9.17) is 4.74 Å². The molecule has 4 aromatic heterocycles. The number of carbonyl (C=O) groups excluding carboxylic acids is 1. The standard InChI is InChI=1S/C27H22FN9O2.C2H6/c1-14-9-17-18(34-14)5-6-21(24(17)28)39-27-23(26(38)29-2)25(32-13-33-27)35-22-12-16(36-37-22)10-15-3-4-19-20(11-15)31-8-7-30-19;1-2/h3-9,11-13,34H,10H2,1-2H3,(H,29,38)(H2,32,33,35,36,37);1-2H3. The summed E-state index contributed by atoms with van der Waals surface area (Å²) >= 11 is 0. The van der Waals surface area contributed by atoms with Crippen LogP contribution in [0.2, 0.25) is 0 Å². The van der Waals surface area contributed by atoms with Crippen molar-refractivity contribution < 1.29 is 13.9 Å². The van der Waals surface area contributed by atoms with Crippen LogP contribution in [0.4, 0.5) is 16.0 Å². The number of ether oxygens (including phenoxy) is 1. The monoisotopic (exact) mass is 553 g/mol. The summed E-state index contributed by atoms with van der Waals surface area (Å²) in [6.45, 7) is 5.84. The van der Waals surface area contributed by atoms with Crippen LogP contribution in [-0.2, 0) is 6.42 Å². The molecule has 1 amide bonds. The molecule has 0 atom stereocenters. The molecule has 0 aliphatic carbocycles. The Bertz CT molecular complexity index is 1850. The molecular weight excluding hydrogens is 525 g/mol. The van der Waals surface area contributed by atoms with Crippen LogP contribution in [0.3, 0.4) is 0 Å². The number of carbonyl (C=O) groups is 1. The van der Waals surface area contributed by atoms with Crippen LogP contribution in [-0.4, -0.2) is 48.1 Å². The first-order valence-electron chi connectivity index (χ1n) is 13.0. The zero-order chi connectivity index (χ0) is 28.9. The number of benzene rings is 2. The Morgan fingerprint density at radius 2 is 1.80 bits per heavy atom. The average molecular weight is 554 g/mol. The zero-order valence-electron chi connectivity index (χ0n) is 22.9. The molecule has 0 bridgehead atoms. The predicted octanol–water partition coefficient (Wildman–Crippen LogP) is 5.58. The van der Waals surface area contributed by atoms with E-state index >= 15 is 4.39 Å². The molecule has 0 aliphatic heterocycles. The number of hydrogen-bond donors (Lipinski definition) is 4. The maximum Gasteiger partial charge on any atom is 0.260 e. The summed E-state index contributed by atoms with van der Waals surface area (Å²) in [4.78, 5) is 32.9. The van der Waals surface area contributed by atoms with Crippen LogP contribution in [0, 0.1) is 12.7 Å². The lowest BCUT2D eigenvalue weighted by atomic mass is 10.1. The van der Waals surface area contributed by atoms with E-state index in [1.165, 1.54) is 19.4 Å². The van der Waals surface area contributed by atoms with Crippen molar-refractivity contribution in [3.63, 3.8) is 0 Å². The van der Waals surface area contributed by atoms with Gasteiger partial charge in [-0.3, -0.25) is 19.9 Å². The van der Waals surface area contributed by atoms with E-state index in [2.05, 4.69) is 45.8 Å². The lowest BCUT2D eigenvalue weighted by molar-refractivity contribution is 0.0960. The molecule has 2 aromatic carbocycles. The highest BCUT2D eigenvalue weighted by atomic mass is 19.1. The van der Waals surface area contributed by atoms with Gasteiger partial charge in [-0.05, 0) is 42.8 Å².